The quantitative estimate of drug-likeness (QED) is 0.904. The number of ether oxygens (including phenoxy) is 1. The molecule has 1 N–H and O–H groups in total. The lowest BCUT2D eigenvalue weighted by Gasteiger charge is -2.08. The van der Waals surface area contributed by atoms with Crippen LogP contribution in [0.1, 0.15) is 15.9 Å². The van der Waals surface area contributed by atoms with Crippen molar-refractivity contribution in [2.75, 3.05) is 6.61 Å². The highest BCUT2D eigenvalue weighted by Gasteiger charge is 2.09. The van der Waals surface area contributed by atoms with Crippen molar-refractivity contribution in [2.45, 2.75) is 6.42 Å². The fourth-order valence-electron chi connectivity index (χ4n) is 1.69. The number of hydrogen-bond donors (Lipinski definition) is 1. The maximum atomic E-state index is 10.9. The monoisotopic (exact) mass is 312 g/mol. The molecule has 0 heterocycles. The van der Waals surface area contributed by atoms with Crippen LogP contribution in [0.4, 0.5) is 0 Å². The van der Waals surface area contributed by atoms with Gasteiger partial charge in [-0.05, 0) is 23.8 Å². The Balaban J connectivity index is 0.00000200. The summed E-state index contributed by atoms with van der Waals surface area (Å²) in [5, 5.41) is 9.16. The third-order valence-corrected chi connectivity index (χ3v) is 3.00. The highest BCUT2D eigenvalue weighted by molar-refractivity contribution is 6.33. The van der Waals surface area contributed by atoms with Crippen molar-refractivity contribution >= 4 is 30.0 Å². The molecule has 0 saturated carbocycles. The van der Waals surface area contributed by atoms with E-state index in [4.69, 9.17) is 21.4 Å². The minimum absolute atomic E-state index is 0. The Kier molecular flexibility index (Phi) is 6.36. The first-order valence-electron chi connectivity index (χ1n) is 5.86. The van der Waals surface area contributed by atoms with Gasteiger partial charge in [0.15, 0.2) is 0 Å². The van der Waals surface area contributed by atoms with Crippen LogP contribution in [0.5, 0.6) is 5.75 Å². The van der Waals surface area contributed by atoms with Crippen molar-refractivity contribution in [3.8, 4) is 5.75 Å². The molecule has 0 saturated heterocycles. The minimum Gasteiger partial charge on any atom is -0.493 e. The lowest BCUT2D eigenvalue weighted by molar-refractivity contribution is 0.0696. The number of hydrogen-bond acceptors (Lipinski definition) is 2. The van der Waals surface area contributed by atoms with Crippen LogP contribution < -0.4 is 4.74 Å². The van der Waals surface area contributed by atoms with Gasteiger partial charge < -0.3 is 9.84 Å². The molecule has 0 amide bonds. The number of carboxylic acids is 1. The molecule has 0 aliphatic heterocycles. The predicted octanol–water partition coefficient (Wildman–Crippen LogP) is 4.08. The van der Waals surface area contributed by atoms with Gasteiger partial charge in [-0.2, -0.15) is 0 Å². The summed E-state index contributed by atoms with van der Waals surface area (Å²) in [6, 6.07) is 14.6. The number of halogens is 2. The van der Waals surface area contributed by atoms with Crippen LogP contribution >= 0.6 is 24.0 Å². The van der Waals surface area contributed by atoms with Crippen molar-refractivity contribution in [1.29, 1.82) is 0 Å². The summed E-state index contributed by atoms with van der Waals surface area (Å²) in [6.45, 7) is 0.491. The van der Waals surface area contributed by atoms with Crippen molar-refractivity contribution in [3.63, 3.8) is 0 Å². The van der Waals surface area contributed by atoms with Gasteiger partial charge >= 0.3 is 5.97 Å². The van der Waals surface area contributed by atoms with Crippen molar-refractivity contribution in [1.82, 2.24) is 0 Å². The van der Waals surface area contributed by atoms with Gasteiger partial charge in [-0.15, -0.1) is 12.4 Å². The largest absolute Gasteiger partial charge is 0.493 e. The van der Waals surface area contributed by atoms with Crippen LogP contribution in [-0.4, -0.2) is 17.7 Å². The first-order chi connectivity index (χ1) is 9.16. The van der Waals surface area contributed by atoms with E-state index >= 15 is 0 Å². The van der Waals surface area contributed by atoms with E-state index in [2.05, 4.69) is 0 Å². The summed E-state index contributed by atoms with van der Waals surface area (Å²) in [6.07, 6.45) is 0.770. The zero-order valence-corrected chi connectivity index (χ0v) is 12.2. The molecule has 2 aromatic rings. The van der Waals surface area contributed by atoms with Crippen LogP contribution in [0.2, 0.25) is 5.02 Å². The number of rotatable bonds is 5. The molecule has 3 nitrogen and oxygen atoms in total. The number of carbonyl (C=O) groups is 1. The van der Waals surface area contributed by atoms with Crippen LogP contribution in [0.25, 0.3) is 0 Å². The maximum absolute atomic E-state index is 10.9. The van der Waals surface area contributed by atoms with Gasteiger partial charge in [-0.3, -0.25) is 0 Å². The summed E-state index contributed by atoms with van der Waals surface area (Å²) in [5.74, 6) is -0.545. The fourth-order valence-corrected chi connectivity index (χ4v) is 1.89. The van der Waals surface area contributed by atoms with Gasteiger partial charge in [0.05, 0.1) is 17.2 Å². The third kappa shape index (κ3) is 4.44. The van der Waals surface area contributed by atoms with E-state index in [0.717, 1.165) is 6.42 Å². The lowest BCUT2D eigenvalue weighted by atomic mass is 10.2. The van der Waals surface area contributed by atoms with E-state index in [-0.39, 0.29) is 23.0 Å². The number of aromatic carboxylic acids is 1. The number of benzene rings is 2. The van der Waals surface area contributed by atoms with Crippen molar-refractivity contribution in [3.05, 3.63) is 64.7 Å². The lowest BCUT2D eigenvalue weighted by Crippen LogP contribution is -2.03. The van der Waals surface area contributed by atoms with Gasteiger partial charge in [0, 0.05) is 6.42 Å². The molecule has 0 fully saturated rings. The van der Waals surface area contributed by atoms with Gasteiger partial charge in [0.2, 0.25) is 0 Å². The first kappa shape index (κ1) is 16.3. The average Bonchev–Trinajstić information content (AvgIpc) is 2.41. The van der Waals surface area contributed by atoms with E-state index in [1.165, 1.54) is 17.7 Å². The molecule has 0 spiro atoms. The van der Waals surface area contributed by atoms with Crippen molar-refractivity contribution in [2.24, 2.45) is 0 Å². The van der Waals surface area contributed by atoms with Crippen LogP contribution in [-0.2, 0) is 6.42 Å². The molecule has 2 rings (SSSR count). The van der Waals surface area contributed by atoms with E-state index in [0.29, 0.717) is 12.4 Å². The van der Waals surface area contributed by atoms with E-state index < -0.39 is 5.97 Å². The van der Waals surface area contributed by atoms with Gasteiger partial charge in [0.1, 0.15) is 5.75 Å². The van der Waals surface area contributed by atoms with Crippen LogP contribution in [0, 0.1) is 0 Å². The molecule has 0 aromatic heterocycles. The zero-order chi connectivity index (χ0) is 13.7. The number of carboxylic acid groups (broad SMARTS) is 1. The molecule has 106 valence electrons. The van der Waals surface area contributed by atoms with Crippen molar-refractivity contribution < 1.29 is 14.6 Å². The summed E-state index contributed by atoms with van der Waals surface area (Å²) in [7, 11) is 0. The normalized spacial score (nSPS) is 9.65. The minimum atomic E-state index is -1.06. The van der Waals surface area contributed by atoms with Gasteiger partial charge in [-0.1, -0.05) is 41.9 Å². The molecule has 2 aromatic carbocycles. The Labute approximate surface area is 128 Å². The summed E-state index contributed by atoms with van der Waals surface area (Å²) >= 11 is 5.78. The van der Waals surface area contributed by atoms with E-state index in [9.17, 15) is 4.79 Å². The highest BCUT2D eigenvalue weighted by atomic mass is 35.5. The molecule has 0 atom stereocenters. The second-order valence-corrected chi connectivity index (χ2v) is 4.44. The predicted molar refractivity (Wildman–Crippen MR) is 81.3 cm³/mol. The topological polar surface area (TPSA) is 46.5 Å². The molecule has 20 heavy (non-hydrogen) atoms. The average molecular weight is 313 g/mol. The zero-order valence-electron chi connectivity index (χ0n) is 10.6. The molecule has 0 unspecified atom stereocenters. The van der Waals surface area contributed by atoms with E-state index in [1.807, 2.05) is 30.3 Å². The molecule has 0 bridgehead atoms. The molecule has 0 aliphatic carbocycles. The molecule has 0 aliphatic rings. The summed E-state index contributed by atoms with van der Waals surface area (Å²) < 4.78 is 5.53. The third-order valence-electron chi connectivity index (χ3n) is 2.67. The van der Waals surface area contributed by atoms with Crippen LogP contribution in [0.3, 0.4) is 0 Å². The SMILES string of the molecule is Cl.O=C(O)c1cc(OCCc2ccccc2)ccc1Cl. The molecular weight excluding hydrogens is 299 g/mol. The summed E-state index contributed by atoms with van der Waals surface area (Å²) in [5.41, 5.74) is 1.23. The second kappa shape index (κ2) is 7.78. The standard InChI is InChI=1S/C15H13ClO3.ClH/c16-14-7-6-12(10-13(14)15(17)18)19-9-8-11-4-2-1-3-5-11;/h1-7,10H,8-9H2,(H,17,18);1H. The smallest absolute Gasteiger partial charge is 0.337 e. The van der Waals surface area contributed by atoms with Crippen LogP contribution in [0.15, 0.2) is 48.5 Å². The Morgan fingerprint density at radius 2 is 1.85 bits per heavy atom. The Hall–Kier alpha value is -1.71. The molecule has 5 heteroatoms. The second-order valence-electron chi connectivity index (χ2n) is 4.03. The molecular formula is C15H14Cl2O3. The summed E-state index contributed by atoms with van der Waals surface area (Å²) in [4.78, 5) is 10.9. The van der Waals surface area contributed by atoms with E-state index in [1.54, 1.807) is 6.07 Å². The maximum Gasteiger partial charge on any atom is 0.337 e. The van der Waals surface area contributed by atoms with Gasteiger partial charge in [-0.25, -0.2) is 4.79 Å². The Morgan fingerprint density at radius 3 is 2.50 bits per heavy atom. The first-order valence-corrected chi connectivity index (χ1v) is 6.24. The Bertz CT molecular complexity index is 571. The Morgan fingerprint density at radius 1 is 1.15 bits per heavy atom. The fraction of sp³-hybridized carbons (Fsp3) is 0.133. The van der Waals surface area contributed by atoms with Gasteiger partial charge in [0.25, 0.3) is 0 Å². The molecule has 0 radical (unpaired) electrons. The highest BCUT2D eigenvalue weighted by Crippen LogP contribution is 2.22.